The van der Waals surface area contributed by atoms with Gasteiger partial charge in [-0.2, -0.15) is 0 Å². The van der Waals surface area contributed by atoms with Crippen LogP contribution in [0.2, 0.25) is 0 Å². The SMILES string of the molecule is O=C(CCC1CCNCC1)Nc1cncc(C(=O)O)c1. The van der Waals surface area contributed by atoms with Crippen LogP contribution in [0.15, 0.2) is 18.5 Å². The highest BCUT2D eigenvalue weighted by molar-refractivity contribution is 5.93. The van der Waals surface area contributed by atoms with Crippen molar-refractivity contribution in [2.24, 2.45) is 5.92 Å². The van der Waals surface area contributed by atoms with Gasteiger partial charge in [-0.05, 0) is 44.3 Å². The van der Waals surface area contributed by atoms with Crippen molar-refractivity contribution in [3.8, 4) is 0 Å². The van der Waals surface area contributed by atoms with Crippen LogP contribution < -0.4 is 10.6 Å². The number of carboxylic acids is 1. The van der Waals surface area contributed by atoms with Gasteiger partial charge < -0.3 is 15.7 Å². The van der Waals surface area contributed by atoms with E-state index in [-0.39, 0.29) is 11.5 Å². The molecule has 0 atom stereocenters. The van der Waals surface area contributed by atoms with Crippen LogP contribution in [0.25, 0.3) is 0 Å². The van der Waals surface area contributed by atoms with Gasteiger partial charge in [0.25, 0.3) is 0 Å². The van der Waals surface area contributed by atoms with Crippen LogP contribution in [0.3, 0.4) is 0 Å². The number of aromatic nitrogens is 1. The fourth-order valence-electron chi connectivity index (χ4n) is 2.35. The lowest BCUT2D eigenvalue weighted by Crippen LogP contribution is -2.28. The number of hydrogen-bond donors (Lipinski definition) is 3. The van der Waals surface area contributed by atoms with Crippen LogP contribution in [0, 0.1) is 5.92 Å². The summed E-state index contributed by atoms with van der Waals surface area (Å²) in [6, 6.07) is 1.41. The number of rotatable bonds is 5. The molecule has 1 saturated heterocycles. The highest BCUT2D eigenvalue weighted by Crippen LogP contribution is 2.18. The maximum atomic E-state index is 11.8. The summed E-state index contributed by atoms with van der Waals surface area (Å²) in [4.78, 5) is 26.5. The molecule has 0 saturated carbocycles. The smallest absolute Gasteiger partial charge is 0.337 e. The second-order valence-electron chi connectivity index (χ2n) is 5.05. The van der Waals surface area contributed by atoms with E-state index in [4.69, 9.17) is 5.11 Å². The lowest BCUT2D eigenvalue weighted by molar-refractivity contribution is -0.116. The lowest BCUT2D eigenvalue weighted by Gasteiger charge is -2.22. The zero-order valence-electron chi connectivity index (χ0n) is 11.3. The Morgan fingerprint density at radius 3 is 2.80 bits per heavy atom. The molecule has 0 bridgehead atoms. The first-order valence-electron chi connectivity index (χ1n) is 6.84. The van der Waals surface area contributed by atoms with E-state index in [9.17, 15) is 9.59 Å². The Morgan fingerprint density at radius 2 is 2.10 bits per heavy atom. The van der Waals surface area contributed by atoms with Gasteiger partial charge in [-0.3, -0.25) is 9.78 Å². The molecule has 0 aliphatic carbocycles. The summed E-state index contributed by atoms with van der Waals surface area (Å²) < 4.78 is 0. The predicted octanol–water partition coefficient (Wildman–Crippen LogP) is 1.50. The van der Waals surface area contributed by atoms with Crippen LogP contribution in [0.4, 0.5) is 5.69 Å². The van der Waals surface area contributed by atoms with Crippen molar-refractivity contribution in [2.75, 3.05) is 18.4 Å². The minimum Gasteiger partial charge on any atom is -0.478 e. The molecule has 1 aliphatic rings. The quantitative estimate of drug-likeness (QED) is 0.758. The highest BCUT2D eigenvalue weighted by Gasteiger charge is 2.14. The van der Waals surface area contributed by atoms with E-state index in [2.05, 4.69) is 15.6 Å². The number of piperidine rings is 1. The number of nitrogens with zero attached hydrogens (tertiary/aromatic N) is 1. The van der Waals surface area contributed by atoms with Gasteiger partial charge in [0.15, 0.2) is 0 Å². The second-order valence-corrected chi connectivity index (χ2v) is 5.05. The molecule has 0 spiro atoms. The van der Waals surface area contributed by atoms with Crippen molar-refractivity contribution in [1.82, 2.24) is 10.3 Å². The molecule has 0 aromatic carbocycles. The predicted molar refractivity (Wildman–Crippen MR) is 74.7 cm³/mol. The first-order valence-corrected chi connectivity index (χ1v) is 6.84. The van der Waals surface area contributed by atoms with Crippen LogP contribution in [0.1, 0.15) is 36.0 Å². The number of carbonyl (C=O) groups excluding carboxylic acids is 1. The summed E-state index contributed by atoms with van der Waals surface area (Å²) in [5.74, 6) is -0.540. The summed E-state index contributed by atoms with van der Waals surface area (Å²) in [6.07, 6.45) is 6.27. The lowest BCUT2D eigenvalue weighted by atomic mass is 9.93. The Kier molecular flexibility index (Phi) is 5.06. The van der Waals surface area contributed by atoms with Gasteiger partial charge in [-0.1, -0.05) is 0 Å². The fourth-order valence-corrected chi connectivity index (χ4v) is 2.35. The topological polar surface area (TPSA) is 91.3 Å². The van der Waals surface area contributed by atoms with E-state index >= 15 is 0 Å². The average molecular weight is 277 g/mol. The van der Waals surface area contributed by atoms with Crippen molar-refractivity contribution in [2.45, 2.75) is 25.7 Å². The van der Waals surface area contributed by atoms with E-state index in [1.54, 1.807) is 0 Å². The van der Waals surface area contributed by atoms with Crippen molar-refractivity contribution in [3.05, 3.63) is 24.0 Å². The molecule has 1 aromatic heterocycles. The van der Waals surface area contributed by atoms with Gasteiger partial charge in [-0.25, -0.2) is 4.79 Å². The molecule has 3 N–H and O–H groups in total. The van der Waals surface area contributed by atoms with Gasteiger partial charge in [0, 0.05) is 12.6 Å². The van der Waals surface area contributed by atoms with Crippen molar-refractivity contribution in [3.63, 3.8) is 0 Å². The highest BCUT2D eigenvalue weighted by atomic mass is 16.4. The normalized spacial score (nSPS) is 15.8. The Labute approximate surface area is 117 Å². The zero-order valence-corrected chi connectivity index (χ0v) is 11.3. The van der Waals surface area contributed by atoms with Crippen molar-refractivity contribution >= 4 is 17.6 Å². The number of carbonyl (C=O) groups is 2. The zero-order chi connectivity index (χ0) is 14.4. The number of hydrogen-bond acceptors (Lipinski definition) is 4. The Bertz CT molecular complexity index is 484. The molecule has 108 valence electrons. The molecule has 2 rings (SSSR count). The molecule has 1 amide bonds. The maximum Gasteiger partial charge on any atom is 0.337 e. The number of nitrogens with one attached hydrogen (secondary N) is 2. The monoisotopic (exact) mass is 277 g/mol. The van der Waals surface area contributed by atoms with Crippen LogP contribution in [-0.2, 0) is 4.79 Å². The van der Waals surface area contributed by atoms with Gasteiger partial charge in [0.1, 0.15) is 0 Å². The number of amides is 1. The van der Waals surface area contributed by atoms with E-state index in [0.29, 0.717) is 18.0 Å². The standard InChI is InChI=1S/C14H19N3O3/c18-13(2-1-10-3-5-15-6-4-10)17-12-7-11(14(19)20)8-16-9-12/h7-10,15H,1-6H2,(H,17,18)(H,19,20). The molecular weight excluding hydrogens is 258 g/mol. The number of pyridine rings is 1. The molecule has 6 nitrogen and oxygen atoms in total. The Hall–Kier alpha value is -1.95. The minimum absolute atomic E-state index is 0.0705. The summed E-state index contributed by atoms with van der Waals surface area (Å²) in [5, 5.41) is 14.8. The number of anilines is 1. The summed E-state index contributed by atoms with van der Waals surface area (Å²) in [5.41, 5.74) is 0.501. The van der Waals surface area contributed by atoms with Crippen molar-refractivity contribution < 1.29 is 14.7 Å². The molecule has 0 radical (unpaired) electrons. The molecule has 6 heteroatoms. The van der Waals surface area contributed by atoms with Crippen LogP contribution >= 0.6 is 0 Å². The first-order chi connectivity index (χ1) is 9.65. The minimum atomic E-state index is -1.05. The first kappa shape index (κ1) is 14.5. The summed E-state index contributed by atoms with van der Waals surface area (Å²) >= 11 is 0. The van der Waals surface area contributed by atoms with E-state index in [1.165, 1.54) is 18.5 Å². The second kappa shape index (κ2) is 7.00. The molecule has 2 heterocycles. The number of aromatic carboxylic acids is 1. The maximum absolute atomic E-state index is 11.8. The van der Waals surface area contributed by atoms with E-state index < -0.39 is 5.97 Å². The Morgan fingerprint density at radius 1 is 1.35 bits per heavy atom. The van der Waals surface area contributed by atoms with Crippen LogP contribution in [0.5, 0.6) is 0 Å². The van der Waals surface area contributed by atoms with E-state index in [1.807, 2.05) is 0 Å². The Balaban J connectivity index is 1.81. The molecular formula is C14H19N3O3. The van der Waals surface area contributed by atoms with Gasteiger partial charge >= 0.3 is 5.97 Å². The van der Waals surface area contributed by atoms with Crippen molar-refractivity contribution in [1.29, 1.82) is 0 Å². The van der Waals surface area contributed by atoms with Gasteiger partial charge in [-0.15, -0.1) is 0 Å². The molecule has 1 aromatic rings. The van der Waals surface area contributed by atoms with Gasteiger partial charge in [0.2, 0.25) is 5.91 Å². The largest absolute Gasteiger partial charge is 0.478 e. The van der Waals surface area contributed by atoms with Crippen LogP contribution in [-0.4, -0.2) is 35.1 Å². The molecule has 0 unspecified atom stereocenters. The average Bonchev–Trinajstić information content (AvgIpc) is 2.46. The molecule has 20 heavy (non-hydrogen) atoms. The molecule has 1 aliphatic heterocycles. The number of carboxylic acid groups (broad SMARTS) is 1. The summed E-state index contributed by atoms with van der Waals surface area (Å²) in [6.45, 7) is 2.05. The third-order valence-corrected chi connectivity index (χ3v) is 3.51. The van der Waals surface area contributed by atoms with E-state index in [0.717, 1.165) is 32.4 Å². The third kappa shape index (κ3) is 4.31. The molecule has 1 fully saturated rings. The fraction of sp³-hybridized carbons (Fsp3) is 0.500. The third-order valence-electron chi connectivity index (χ3n) is 3.51. The summed E-state index contributed by atoms with van der Waals surface area (Å²) in [7, 11) is 0. The van der Waals surface area contributed by atoms with Gasteiger partial charge in [0.05, 0.1) is 17.4 Å².